The van der Waals surface area contributed by atoms with Gasteiger partial charge in [-0.05, 0) is 29.5 Å². The van der Waals surface area contributed by atoms with Gasteiger partial charge in [0.15, 0.2) is 5.78 Å². The first-order chi connectivity index (χ1) is 11.2. The van der Waals surface area contributed by atoms with Crippen LogP contribution in [0, 0.1) is 5.92 Å². The van der Waals surface area contributed by atoms with E-state index in [9.17, 15) is 19.2 Å². The van der Waals surface area contributed by atoms with E-state index in [1.165, 1.54) is 6.92 Å². The summed E-state index contributed by atoms with van der Waals surface area (Å²) in [5.74, 6) is -1.40. The normalized spacial score (nSPS) is 17.1. The molecule has 0 saturated carbocycles. The van der Waals surface area contributed by atoms with Gasteiger partial charge in [0, 0.05) is 31.2 Å². The third kappa shape index (κ3) is 3.69. The topological polar surface area (TPSA) is 68.3 Å². The smallest absolute Gasteiger partial charge is 0.164 e. The third-order valence-electron chi connectivity index (χ3n) is 4.80. The van der Waals surface area contributed by atoms with Crippen LogP contribution in [-0.4, -0.2) is 23.1 Å². The van der Waals surface area contributed by atoms with Crippen LogP contribution in [0.15, 0.2) is 18.2 Å². The van der Waals surface area contributed by atoms with Gasteiger partial charge in [0.25, 0.3) is 0 Å². The standard InChI is InChI=1S/C20H24O4/c1-5-18(23)16(12(2)21)10-19(24)13-6-7-17-14(8-13)9-15(22)11-20(17,3)4/h6-8,16H,5,9-11H2,1-4H3. The molecular formula is C20H24O4. The van der Waals surface area contributed by atoms with Crippen LogP contribution in [0.25, 0.3) is 0 Å². The number of hydrogen-bond acceptors (Lipinski definition) is 4. The molecule has 0 bridgehead atoms. The Morgan fingerprint density at radius 2 is 1.88 bits per heavy atom. The summed E-state index contributed by atoms with van der Waals surface area (Å²) < 4.78 is 0. The maximum Gasteiger partial charge on any atom is 0.164 e. The van der Waals surface area contributed by atoms with Crippen molar-refractivity contribution >= 4 is 23.1 Å². The van der Waals surface area contributed by atoms with Gasteiger partial charge in [-0.3, -0.25) is 19.2 Å². The minimum absolute atomic E-state index is 0.0991. The molecule has 2 rings (SSSR count). The largest absolute Gasteiger partial charge is 0.299 e. The van der Waals surface area contributed by atoms with Crippen molar-refractivity contribution in [2.45, 2.75) is 58.8 Å². The van der Waals surface area contributed by atoms with Crippen LogP contribution >= 0.6 is 0 Å². The number of benzene rings is 1. The second-order valence-electron chi connectivity index (χ2n) is 7.26. The van der Waals surface area contributed by atoms with Crippen molar-refractivity contribution in [3.63, 3.8) is 0 Å². The van der Waals surface area contributed by atoms with E-state index in [0.29, 0.717) is 18.4 Å². The van der Waals surface area contributed by atoms with Crippen LogP contribution in [-0.2, 0) is 26.2 Å². The monoisotopic (exact) mass is 328 g/mol. The fourth-order valence-electron chi connectivity index (χ4n) is 3.47. The van der Waals surface area contributed by atoms with E-state index in [0.717, 1.165) is 11.1 Å². The van der Waals surface area contributed by atoms with Gasteiger partial charge in [0.2, 0.25) is 0 Å². The summed E-state index contributed by atoms with van der Waals surface area (Å²) in [6.45, 7) is 7.08. The Hall–Kier alpha value is -2.10. The molecule has 0 aromatic heterocycles. The van der Waals surface area contributed by atoms with Gasteiger partial charge in [0.1, 0.15) is 17.3 Å². The summed E-state index contributed by atoms with van der Waals surface area (Å²) in [6.07, 6.45) is 0.983. The van der Waals surface area contributed by atoms with Crippen LogP contribution in [0.5, 0.6) is 0 Å². The van der Waals surface area contributed by atoms with Crippen LogP contribution in [0.1, 0.15) is 68.4 Å². The minimum atomic E-state index is -0.864. The van der Waals surface area contributed by atoms with Crippen molar-refractivity contribution in [3.8, 4) is 0 Å². The molecule has 4 nitrogen and oxygen atoms in total. The van der Waals surface area contributed by atoms with Gasteiger partial charge in [-0.25, -0.2) is 0 Å². The van der Waals surface area contributed by atoms with E-state index < -0.39 is 5.92 Å². The van der Waals surface area contributed by atoms with E-state index >= 15 is 0 Å². The molecular weight excluding hydrogens is 304 g/mol. The predicted octanol–water partition coefficient (Wildman–Crippen LogP) is 3.24. The lowest BCUT2D eigenvalue weighted by molar-refractivity contribution is -0.131. The van der Waals surface area contributed by atoms with Crippen molar-refractivity contribution in [2.75, 3.05) is 0 Å². The molecule has 4 heteroatoms. The first-order valence-corrected chi connectivity index (χ1v) is 8.37. The van der Waals surface area contributed by atoms with Gasteiger partial charge >= 0.3 is 0 Å². The summed E-state index contributed by atoms with van der Waals surface area (Å²) in [6, 6.07) is 5.40. The number of rotatable bonds is 6. The quantitative estimate of drug-likeness (QED) is 0.594. The molecule has 0 amide bonds. The number of carbonyl (C=O) groups is 4. The Morgan fingerprint density at radius 1 is 1.21 bits per heavy atom. The molecule has 0 radical (unpaired) electrons. The lowest BCUT2D eigenvalue weighted by Crippen LogP contribution is -2.30. The van der Waals surface area contributed by atoms with E-state index in [1.807, 2.05) is 19.9 Å². The Bertz CT molecular complexity index is 712. The molecule has 0 fully saturated rings. The van der Waals surface area contributed by atoms with Gasteiger partial charge in [-0.2, -0.15) is 0 Å². The van der Waals surface area contributed by atoms with Crippen molar-refractivity contribution in [2.24, 2.45) is 5.92 Å². The Labute approximate surface area is 142 Å². The average molecular weight is 328 g/mol. The Balaban J connectivity index is 2.29. The second-order valence-corrected chi connectivity index (χ2v) is 7.26. The average Bonchev–Trinajstić information content (AvgIpc) is 2.49. The first kappa shape index (κ1) is 18.2. The predicted molar refractivity (Wildman–Crippen MR) is 91.2 cm³/mol. The molecule has 1 atom stereocenters. The van der Waals surface area contributed by atoms with Crippen molar-refractivity contribution in [1.29, 1.82) is 0 Å². The molecule has 0 spiro atoms. The van der Waals surface area contributed by atoms with E-state index in [2.05, 4.69) is 0 Å². The highest BCUT2D eigenvalue weighted by atomic mass is 16.2. The molecule has 0 heterocycles. The molecule has 0 aliphatic heterocycles. The summed E-state index contributed by atoms with van der Waals surface area (Å²) in [5.41, 5.74) is 2.20. The number of carbonyl (C=O) groups excluding carboxylic acids is 4. The maximum absolute atomic E-state index is 12.5. The van der Waals surface area contributed by atoms with E-state index in [1.54, 1.807) is 19.1 Å². The van der Waals surface area contributed by atoms with Crippen molar-refractivity contribution < 1.29 is 19.2 Å². The first-order valence-electron chi connectivity index (χ1n) is 8.37. The van der Waals surface area contributed by atoms with Crippen LogP contribution < -0.4 is 0 Å². The lowest BCUT2D eigenvalue weighted by Gasteiger charge is -2.31. The van der Waals surface area contributed by atoms with Gasteiger partial charge in [-0.15, -0.1) is 0 Å². The van der Waals surface area contributed by atoms with Gasteiger partial charge in [-0.1, -0.05) is 32.9 Å². The van der Waals surface area contributed by atoms with E-state index in [-0.39, 0.29) is 41.4 Å². The third-order valence-corrected chi connectivity index (χ3v) is 4.80. The minimum Gasteiger partial charge on any atom is -0.299 e. The van der Waals surface area contributed by atoms with Gasteiger partial charge < -0.3 is 0 Å². The molecule has 1 aliphatic carbocycles. The second kappa shape index (κ2) is 6.80. The Morgan fingerprint density at radius 3 is 2.46 bits per heavy atom. The fraction of sp³-hybridized carbons (Fsp3) is 0.500. The van der Waals surface area contributed by atoms with E-state index in [4.69, 9.17) is 0 Å². The highest BCUT2D eigenvalue weighted by molar-refractivity contribution is 6.07. The van der Waals surface area contributed by atoms with Crippen LogP contribution in [0.2, 0.25) is 0 Å². The molecule has 1 aliphatic rings. The van der Waals surface area contributed by atoms with Gasteiger partial charge in [0.05, 0.1) is 5.92 Å². The van der Waals surface area contributed by atoms with Crippen molar-refractivity contribution in [1.82, 2.24) is 0 Å². The zero-order valence-corrected chi connectivity index (χ0v) is 14.8. The van der Waals surface area contributed by atoms with Crippen LogP contribution in [0.3, 0.4) is 0 Å². The molecule has 1 unspecified atom stereocenters. The molecule has 1 aromatic carbocycles. The zero-order chi connectivity index (χ0) is 18.1. The Kier molecular flexibility index (Phi) is 5.16. The van der Waals surface area contributed by atoms with Crippen LogP contribution in [0.4, 0.5) is 0 Å². The molecule has 1 aromatic rings. The SMILES string of the molecule is CCC(=O)C(CC(=O)c1ccc2c(c1)CC(=O)CC2(C)C)C(C)=O. The molecule has 128 valence electrons. The summed E-state index contributed by atoms with van der Waals surface area (Å²) >= 11 is 0. The summed E-state index contributed by atoms with van der Waals surface area (Å²) in [5, 5.41) is 0. The molecule has 0 saturated heterocycles. The maximum atomic E-state index is 12.5. The highest BCUT2D eigenvalue weighted by Gasteiger charge is 2.32. The molecule has 0 N–H and O–H groups in total. The number of fused-ring (bicyclic) bond motifs is 1. The highest BCUT2D eigenvalue weighted by Crippen LogP contribution is 2.35. The lowest BCUT2D eigenvalue weighted by atomic mass is 9.71. The number of hydrogen-bond donors (Lipinski definition) is 0. The molecule has 24 heavy (non-hydrogen) atoms. The zero-order valence-electron chi connectivity index (χ0n) is 14.8. The summed E-state index contributed by atoms with van der Waals surface area (Å²) in [7, 11) is 0. The number of Topliss-reactive ketones (excluding diaryl/α,β-unsaturated/α-hetero) is 4. The fourth-order valence-corrected chi connectivity index (χ4v) is 3.47. The van der Waals surface area contributed by atoms with Crippen molar-refractivity contribution in [3.05, 3.63) is 34.9 Å². The number of ketones is 4. The summed E-state index contributed by atoms with van der Waals surface area (Å²) in [4.78, 5) is 48.0.